The zero-order chi connectivity index (χ0) is 8.43. The Labute approximate surface area is 66.6 Å². The van der Waals surface area contributed by atoms with Crippen molar-refractivity contribution in [1.29, 1.82) is 0 Å². The maximum absolute atomic E-state index is 5.53. The second-order valence-electron chi connectivity index (χ2n) is 2.97. The molecule has 62 valence electrons. The van der Waals surface area contributed by atoms with Crippen molar-refractivity contribution in [2.24, 2.45) is 5.73 Å². The Balaban J connectivity index is 3.05. The topological polar surface area (TPSA) is 52.0 Å². The molecule has 0 aliphatic rings. The molecule has 0 fully saturated rings. The molecule has 0 amide bonds. The summed E-state index contributed by atoms with van der Waals surface area (Å²) in [4.78, 5) is 0. The van der Waals surface area contributed by atoms with Crippen molar-refractivity contribution in [3.63, 3.8) is 0 Å². The van der Waals surface area contributed by atoms with Crippen LogP contribution in [0.3, 0.4) is 0 Å². The van der Waals surface area contributed by atoms with Gasteiger partial charge in [-0.1, -0.05) is 19.0 Å². The van der Waals surface area contributed by atoms with E-state index in [4.69, 9.17) is 10.3 Å². The van der Waals surface area contributed by atoms with Gasteiger partial charge in [-0.05, 0) is 6.92 Å². The van der Waals surface area contributed by atoms with Gasteiger partial charge in [0.15, 0.2) is 0 Å². The first-order valence-electron chi connectivity index (χ1n) is 3.82. The average Bonchev–Trinajstić information content (AvgIpc) is 2.30. The molecule has 0 radical (unpaired) electrons. The van der Waals surface area contributed by atoms with Crippen molar-refractivity contribution in [3.8, 4) is 0 Å². The van der Waals surface area contributed by atoms with Gasteiger partial charge in [0.05, 0.1) is 5.69 Å². The molecule has 0 saturated carbocycles. The third kappa shape index (κ3) is 1.43. The van der Waals surface area contributed by atoms with Gasteiger partial charge >= 0.3 is 0 Å². The molecule has 0 spiro atoms. The molecule has 0 aliphatic carbocycles. The third-order valence-electron chi connectivity index (χ3n) is 1.74. The summed E-state index contributed by atoms with van der Waals surface area (Å²) in [7, 11) is 0. The second kappa shape index (κ2) is 3.05. The van der Waals surface area contributed by atoms with Gasteiger partial charge in [-0.2, -0.15) is 0 Å². The molecule has 0 aliphatic heterocycles. The molecule has 2 N–H and O–H groups in total. The fourth-order valence-corrected chi connectivity index (χ4v) is 1.11. The predicted molar refractivity (Wildman–Crippen MR) is 43.2 cm³/mol. The van der Waals surface area contributed by atoms with E-state index in [-0.39, 0.29) is 0 Å². The molecule has 0 aromatic carbocycles. The number of hydrogen-bond donors (Lipinski definition) is 1. The molecule has 0 bridgehead atoms. The molecule has 3 nitrogen and oxygen atoms in total. The van der Waals surface area contributed by atoms with Crippen LogP contribution in [0.25, 0.3) is 0 Å². The molecule has 1 aromatic heterocycles. The molecule has 11 heavy (non-hydrogen) atoms. The zero-order valence-electron chi connectivity index (χ0n) is 7.22. The predicted octanol–water partition coefficient (Wildman–Crippen LogP) is 1.57. The van der Waals surface area contributed by atoms with E-state index in [1.165, 1.54) is 0 Å². The Morgan fingerprint density at radius 1 is 1.55 bits per heavy atom. The fraction of sp³-hybridized carbons (Fsp3) is 0.625. The van der Waals surface area contributed by atoms with Crippen LogP contribution in [0.15, 0.2) is 4.52 Å². The van der Waals surface area contributed by atoms with Crippen LogP contribution in [0.5, 0.6) is 0 Å². The van der Waals surface area contributed by atoms with E-state index >= 15 is 0 Å². The number of rotatable bonds is 2. The Morgan fingerprint density at radius 2 is 2.18 bits per heavy atom. The monoisotopic (exact) mass is 154 g/mol. The lowest BCUT2D eigenvalue weighted by Crippen LogP contribution is -2.01. The standard InChI is InChI=1S/C8H14N2O/c1-5(2)8-7(4-9)6(3)10-11-8/h5H,4,9H2,1-3H3. The zero-order valence-corrected chi connectivity index (χ0v) is 7.22. The van der Waals surface area contributed by atoms with Gasteiger partial charge in [0.2, 0.25) is 0 Å². The first kappa shape index (κ1) is 8.27. The lowest BCUT2D eigenvalue weighted by molar-refractivity contribution is 0.366. The van der Waals surface area contributed by atoms with Crippen molar-refractivity contribution < 1.29 is 4.52 Å². The van der Waals surface area contributed by atoms with Crippen LogP contribution in [0, 0.1) is 6.92 Å². The third-order valence-corrected chi connectivity index (χ3v) is 1.74. The van der Waals surface area contributed by atoms with Gasteiger partial charge in [0.25, 0.3) is 0 Å². The minimum atomic E-state index is 0.370. The van der Waals surface area contributed by atoms with Crippen molar-refractivity contribution in [2.45, 2.75) is 33.2 Å². The van der Waals surface area contributed by atoms with Crippen LogP contribution in [0.4, 0.5) is 0 Å². The minimum Gasteiger partial charge on any atom is -0.361 e. The Kier molecular flexibility index (Phi) is 2.29. The van der Waals surface area contributed by atoms with Gasteiger partial charge in [0.1, 0.15) is 5.76 Å². The SMILES string of the molecule is Cc1noc(C(C)C)c1CN. The van der Waals surface area contributed by atoms with Crippen LogP contribution in [-0.2, 0) is 6.54 Å². The summed E-state index contributed by atoms with van der Waals surface area (Å²) >= 11 is 0. The van der Waals surface area contributed by atoms with Crippen molar-refractivity contribution in [1.82, 2.24) is 5.16 Å². The normalized spacial score (nSPS) is 11.0. The largest absolute Gasteiger partial charge is 0.361 e. The highest BCUT2D eigenvalue weighted by Crippen LogP contribution is 2.21. The summed E-state index contributed by atoms with van der Waals surface area (Å²) in [5.74, 6) is 1.29. The van der Waals surface area contributed by atoms with Gasteiger partial charge in [0, 0.05) is 18.0 Å². The minimum absolute atomic E-state index is 0.370. The molecule has 0 unspecified atom stereocenters. The number of hydrogen-bond acceptors (Lipinski definition) is 3. The Hall–Kier alpha value is -0.830. The highest BCUT2D eigenvalue weighted by molar-refractivity contribution is 5.23. The lowest BCUT2D eigenvalue weighted by Gasteiger charge is -2.00. The van der Waals surface area contributed by atoms with Crippen molar-refractivity contribution in [3.05, 3.63) is 17.0 Å². The molecule has 0 saturated heterocycles. The van der Waals surface area contributed by atoms with Crippen LogP contribution in [0.1, 0.15) is 36.8 Å². The van der Waals surface area contributed by atoms with Gasteiger partial charge < -0.3 is 10.3 Å². The second-order valence-corrected chi connectivity index (χ2v) is 2.97. The summed E-state index contributed by atoms with van der Waals surface area (Å²) < 4.78 is 5.12. The first-order valence-corrected chi connectivity index (χ1v) is 3.82. The maximum atomic E-state index is 5.53. The van der Waals surface area contributed by atoms with E-state index < -0.39 is 0 Å². The van der Waals surface area contributed by atoms with Crippen LogP contribution < -0.4 is 5.73 Å². The molecular weight excluding hydrogens is 140 g/mol. The van der Waals surface area contributed by atoms with E-state index in [1.54, 1.807) is 0 Å². The Morgan fingerprint density at radius 3 is 2.55 bits per heavy atom. The number of nitrogens with two attached hydrogens (primary N) is 1. The first-order chi connectivity index (χ1) is 5.16. The molecular formula is C8H14N2O. The molecule has 1 heterocycles. The summed E-state index contributed by atoms with van der Waals surface area (Å²) in [5.41, 5.74) is 7.50. The van der Waals surface area contributed by atoms with Crippen molar-refractivity contribution >= 4 is 0 Å². The quantitative estimate of drug-likeness (QED) is 0.703. The van der Waals surface area contributed by atoms with E-state index in [2.05, 4.69) is 19.0 Å². The van der Waals surface area contributed by atoms with Crippen LogP contribution >= 0.6 is 0 Å². The van der Waals surface area contributed by atoms with E-state index in [0.29, 0.717) is 12.5 Å². The summed E-state index contributed by atoms with van der Waals surface area (Å²) in [6, 6.07) is 0. The van der Waals surface area contributed by atoms with E-state index in [1.807, 2.05) is 6.92 Å². The smallest absolute Gasteiger partial charge is 0.143 e. The summed E-state index contributed by atoms with van der Waals surface area (Å²) in [5, 5.41) is 3.85. The molecule has 1 aromatic rings. The molecule has 0 atom stereocenters. The van der Waals surface area contributed by atoms with Crippen molar-refractivity contribution in [2.75, 3.05) is 0 Å². The van der Waals surface area contributed by atoms with Crippen LogP contribution in [-0.4, -0.2) is 5.16 Å². The van der Waals surface area contributed by atoms with Crippen LogP contribution in [0.2, 0.25) is 0 Å². The fourth-order valence-electron chi connectivity index (χ4n) is 1.11. The number of aryl methyl sites for hydroxylation is 1. The maximum Gasteiger partial charge on any atom is 0.143 e. The van der Waals surface area contributed by atoms with Gasteiger partial charge in [-0.15, -0.1) is 0 Å². The van der Waals surface area contributed by atoms with Gasteiger partial charge in [-0.25, -0.2) is 0 Å². The summed E-state index contributed by atoms with van der Waals surface area (Å²) in [6.07, 6.45) is 0. The summed E-state index contributed by atoms with van der Waals surface area (Å²) in [6.45, 7) is 6.57. The Bertz CT molecular complexity index is 240. The van der Waals surface area contributed by atoms with Gasteiger partial charge in [-0.3, -0.25) is 0 Å². The molecule has 3 heteroatoms. The highest BCUT2D eigenvalue weighted by Gasteiger charge is 2.13. The average molecular weight is 154 g/mol. The van der Waals surface area contributed by atoms with E-state index in [9.17, 15) is 0 Å². The lowest BCUT2D eigenvalue weighted by atomic mass is 10.1. The van der Waals surface area contributed by atoms with E-state index in [0.717, 1.165) is 17.0 Å². The number of aromatic nitrogens is 1. The highest BCUT2D eigenvalue weighted by atomic mass is 16.5. The number of nitrogens with zero attached hydrogens (tertiary/aromatic N) is 1. The molecule has 1 rings (SSSR count).